The second-order valence-corrected chi connectivity index (χ2v) is 5.45. The summed E-state index contributed by atoms with van der Waals surface area (Å²) in [7, 11) is 0. The molecule has 2 rings (SSSR count). The van der Waals surface area contributed by atoms with E-state index in [1.807, 2.05) is 6.07 Å². The zero-order valence-electron chi connectivity index (χ0n) is 12.0. The molecule has 0 bridgehead atoms. The van der Waals surface area contributed by atoms with E-state index in [1.54, 1.807) is 36.4 Å². The van der Waals surface area contributed by atoms with E-state index in [0.717, 1.165) is 0 Å². The number of phenols is 1. The fourth-order valence-corrected chi connectivity index (χ4v) is 2.09. The van der Waals surface area contributed by atoms with Gasteiger partial charge in [-0.1, -0.05) is 18.2 Å². The molecule has 0 radical (unpaired) electrons. The van der Waals surface area contributed by atoms with Gasteiger partial charge in [0.25, 0.3) is 0 Å². The molecule has 2 amide bonds. The first-order valence-corrected chi connectivity index (χ1v) is 7.49. The van der Waals surface area contributed by atoms with Gasteiger partial charge in [0.15, 0.2) is 0 Å². The number of hydrogen-bond acceptors (Lipinski definition) is 4. The van der Waals surface area contributed by atoms with E-state index in [9.17, 15) is 14.7 Å². The number of benzene rings is 2. The Balaban J connectivity index is 1.81. The maximum Gasteiger partial charge on any atom is 0.249 e. The van der Waals surface area contributed by atoms with Crippen LogP contribution in [0.2, 0.25) is 0 Å². The van der Waals surface area contributed by atoms with Gasteiger partial charge in [0.2, 0.25) is 11.8 Å². The summed E-state index contributed by atoms with van der Waals surface area (Å²) in [6, 6.07) is 13.7. The monoisotopic (exact) mass is 375 g/mol. The molecule has 0 aliphatic rings. The lowest BCUT2D eigenvalue weighted by Crippen LogP contribution is -2.24. The molecule has 0 saturated carbocycles. The van der Waals surface area contributed by atoms with Gasteiger partial charge >= 0.3 is 0 Å². The summed E-state index contributed by atoms with van der Waals surface area (Å²) in [5.74, 6) is -0.826. The molecule has 2 aromatic rings. The van der Waals surface area contributed by atoms with Gasteiger partial charge < -0.3 is 10.4 Å². The predicted molar refractivity (Wildman–Crippen MR) is 91.2 cm³/mol. The largest absolute Gasteiger partial charge is 0.507 e. The zero-order chi connectivity index (χ0) is 16.7. The molecule has 0 atom stereocenters. The number of hydrazone groups is 1. The lowest BCUT2D eigenvalue weighted by atomic mass is 10.2. The number of carbonyl (C=O) groups is 2. The molecule has 0 unspecified atom stereocenters. The molecule has 0 saturated heterocycles. The van der Waals surface area contributed by atoms with Crippen LogP contribution >= 0.6 is 15.9 Å². The van der Waals surface area contributed by atoms with Crippen LogP contribution in [0.4, 0.5) is 5.69 Å². The molecule has 0 aromatic heterocycles. The molecule has 7 heteroatoms. The standard InChI is InChI=1S/C16H14BrN3O3/c17-13-8-11(6-7-14(13)21)10-18-20-16(23)9-15(22)19-12-4-2-1-3-5-12/h1-8,10,21H,9H2,(H,19,22)(H,20,23)/b18-10+. The van der Waals surface area contributed by atoms with Crippen LogP contribution in [0.25, 0.3) is 0 Å². The summed E-state index contributed by atoms with van der Waals surface area (Å²) < 4.78 is 0.523. The van der Waals surface area contributed by atoms with E-state index >= 15 is 0 Å². The lowest BCUT2D eigenvalue weighted by Gasteiger charge is -2.04. The number of carbonyl (C=O) groups excluding carboxylic acids is 2. The van der Waals surface area contributed by atoms with Crippen LogP contribution in [-0.4, -0.2) is 23.1 Å². The van der Waals surface area contributed by atoms with Crippen LogP contribution in [0.3, 0.4) is 0 Å². The quantitative estimate of drug-likeness (QED) is 0.426. The minimum atomic E-state index is -0.521. The Morgan fingerprint density at radius 2 is 1.87 bits per heavy atom. The third kappa shape index (κ3) is 5.55. The van der Waals surface area contributed by atoms with Crippen molar-refractivity contribution < 1.29 is 14.7 Å². The molecule has 2 aromatic carbocycles. The fraction of sp³-hybridized carbons (Fsp3) is 0.0625. The average Bonchev–Trinajstić information content (AvgIpc) is 2.51. The van der Waals surface area contributed by atoms with Gasteiger partial charge in [-0.05, 0) is 51.8 Å². The first-order chi connectivity index (χ1) is 11.0. The number of halogens is 1. The van der Waals surface area contributed by atoms with Gasteiger partial charge in [-0.2, -0.15) is 5.10 Å². The lowest BCUT2D eigenvalue weighted by molar-refractivity contribution is -0.126. The average molecular weight is 376 g/mol. The molecule has 0 aliphatic carbocycles. The van der Waals surface area contributed by atoms with Crippen molar-refractivity contribution >= 4 is 39.6 Å². The maximum absolute atomic E-state index is 11.7. The fourth-order valence-electron chi connectivity index (χ4n) is 1.69. The summed E-state index contributed by atoms with van der Waals surface area (Å²) in [5, 5.41) is 15.7. The molecule has 0 spiro atoms. The van der Waals surface area contributed by atoms with Crippen LogP contribution in [-0.2, 0) is 9.59 Å². The zero-order valence-corrected chi connectivity index (χ0v) is 13.6. The summed E-state index contributed by atoms with van der Waals surface area (Å²) in [4.78, 5) is 23.3. The SMILES string of the molecule is O=C(CC(=O)Nc1ccccc1)N/N=C/c1ccc(O)c(Br)c1. The van der Waals surface area contributed by atoms with Crippen molar-refractivity contribution in [1.82, 2.24) is 5.43 Å². The van der Waals surface area contributed by atoms with Gasteiger partial charge in [0, 0.05) is 5.69 Å². The van der Waals surface area contributed by atoms with E-state index in [2.05, 4.69) is 31.8 Å². The number of anilines is 1. The van der Waals surface area contributed by atoms with Crippen molar-refractivity contribution in [3.63, 3.8) is 0 Å². The van der Waals surface area contributed by atoms with Crippen molar-refractivity contribution in [2.24, 2.45) is 5.10 Å². The topological polar surface area (TPSA) is 90.8 Å². The molecule has 118 valence electrons. The number of nitrogens with one attached hydrogen (secondary N) is 2. The summed E-state index contributed by atoms with van der Waals surface area (Å²) in [5.41, 5.74) is 3.59. The highest BCUT2D eigenvalue weighted by molar-refractivity contribution is 9.10. The summed E-state index contributed by atoms with van der Waals surface area (Å²) in [6.45, 7) is 0. The number of nitrogens with zero attached hydrogens (tertiary/aromatic N) is 1. The highest BCUT2D eigenvalue weighted by Gasteiger charge is 2.08. The van der Waals surface area contributed by atoms with Gasteiger partial charge in [-0.25, -0.2) is 5.43 Å². The molecular formula is C16H14BrN3O3. The Morgan fingerprint density at radius 1 is 1.13 bits per heavy atom. The van der Waals surface area contributed by atoms with Crippen LogP contribution in [0, 0.1) is 0 Å². The highest BCUT2D eigenvalue weighted by atomic mass is 79.9. The number of aromatic hydroxyl groups is 1. The molecule has 0 heterocycles. The Hall–Kier alpha value is -2.67. The number of amides is 2. The Morgan fingerprint density at radius 3 is 2.57 bits per heavy atom. The number of phenolic OH excluding ortho intramolecular Hbond substituents is 1. The molecular weight excluding hydrogens is 362 g/mol. The maximum atomic E-state index is 11.7. The summed E-state index contributed by atoms with van der Waals surface area (Å²) >= 11 is 3.18. The van der Waals surface area contributed by atoms with E-state index in [0.29, 0.717) is 15.7 Å². The highest BCUT2D eigenvalue weighted by Crippen LogP contribution is 2.23. The van der Waals surface area contributed by atoms with Crippen molar-refractivity contribution in [3.05, 3.63) is 58.6 Å². The third-order valence-electron chi connectivity index (χ3n) is 2.75. The minimum Gasteiger partial charge on any atom is -0.507 e. The first kappa shape index (κ1) is 16.7. The second-order valence-electron chi connectivity index (χ2n) is 4.60. The number of hydrogen-bond donors (Lipinski definition) is 3. The van der Waals surface area contributed by atoms with Crippen LogP contribution in [0.1, 0.15) is 12.0 Å². The second kappa shape index (κ2) is 8.09. The smallest absolute Gasteiger partial charge is 0.249 e. The van der Waals surface area contributed by atoms with Crippen molar-refractivity contribution in [3.8, 4) is 5.75 Å². The number of rotatable bonds is 5. The van der Waals surface area contributed by atoms with Crippen LogP contribution in [0.15, 0.2) is 58.1 Å². The summed E-state index contributed by atoms with van der Waals surface area (Å²) in [6.07, 6.45) is 1.09. The molecule has 23 heavy (non-hydrogen) atoms. The molecule has 0 aliphatic heterocycles. The van der Waals surface area contributed by atoms with Gasteiger partial charge in [0.05, 0.1) is 10.7 Å². The van der Waals surface area contributed by atoms with E-state index in [-0.39, 0.29) is 12.2 Å². The first-order valence-electron chi connectivity index (χ1n) is 6.70. The van der Waals surface area contributed by atoms with Crippen molar-refractivity contribution in [2.45, 2.75) is 6.42 Å². The van der Waals surface area contributed by atoms with Gasteiger partial charge in [-0.3, -0.25) is 9.59 Å². The third-order valence-corrected chi connectivity index (χ3v) is 3.39. The van der Waals surface area contributed by atoms with Gasteiger partial charge in [0.1, 0.15) is 12.2 Å². The molecule has 0 fully saturated rings. The molecule has 6 nitrogen and oxygen atoms in total. The Bertz CT molecular complexity index is 733. The van der Waals surface area contributed by atoms with Gasteiger partial charge in [-0.15, -0.1) is 0 Å². The Kier molecular flexibility index (Phi) is 5.87. The van der Waals surface area contributed by atoms with Crippen molar-refractivity contribution in [1.29, 1.82) is 0 Å². The molecule has 3 N–H and O–H groups in total. The predicted octanol–water partition coefficient (Wildman–Crippen LogP) is 2.63. The number of para-hydroxylation sites is 1. The van der Waals surface area contributed by atoms with Crippen LogP contribution < -0.4 is 10.7 Å². The van der Waals surface area contributed by atoms with Crippen molar-refractivity contribution in [2.75, 3.05) is 5.32 Å². The van der Waals surface area contributed by atoms with E-state index in [4.69, 9.17) is 0 Å². The van der Waals surface area contributed by atoms with Crippen LogP contribution in [0.5, 0.6) is 5.75 Å². The van der Waals surface area contributed by atoms with E-state index < -0.39 is 11.8 Å². The Labute approximate surface area is 141 Å². The van der Waals surface area contributed by atoms with E-state index in [1.165, 1.54) is 12.3 Å². The normalized spacial score (nSPS) is 10.5. The minimum absolute atomic E-state index is 0.115.